The standard InChI is InChI=1S/C23H21Cl2FN6O3/c1-23(2,3)35-22(34)32-18-10-27-17(7-14(18)21(30-32)12-9-28-31(4)11-12)20-15(25)5-13(6-16(20)26)29-19(33)8-24/h5-7,9-11H,8H2,1-4H3,(H,29,33). The second kappa shape index (κ2) is 9.27. The van der Waals surface area contributed by atoms with E-state index in [-0.39, 0.29) is 27.8 Å². The van der Waals surface area contributed by atoms with Crippen LogP contribution in [-0.4, -0.2) is 48.0 Å². The number of benzene rings is 1. The molecule has 4 rings (SSSR count). The normalized spacial score (nSPS) is 11.6. The summed E-state index contributed by atoms with van der Waals surface area (Å²) in [5.41, 5.74) is 1.10. The molecule has 0 aliphatic carbocycles. The smallest absolute Gasteiger partial charge is 0.435 e. The highest BCUT2D eigenvalue weighted by Crippen LogP contribution is 2.36. The Bertz CT molecular complexity index is 1430. The fourth-order valence-corrected chi connectivity index (χ4v) is 3.81. The molecule has 182 valence electrons. The summed E-state index contributed by atoms with van der Waals surface area (Å²) < 4.78 is 23.3. The Hall–Kier alpha value is -3.50. The molecule has 1 amide bonds. The molecular weight excluding hydrogens is 498 g/mol. The number of nitrogens with one attached hydrogen (secondary N) is 1. The Balaban J connectivity index is 1.87. The lowest BCUT2D eigenvalue weighted by molar-refractivity contribution is -0.113. The lowest BCUT2D eigenvalue weighted by atomic mass is 10.1. The minimum Gasteiger partial charge on any atom is -0.442 e. The summed E-state index contributed by atoms with van der Waals surface area (Å²) in [5.74, 6) is -1.47. The Kier molecular flexibility index (Phi) is 6.52. The zero-order valence-corrected chi connectivity index (χ0v) is 20.8. The van der Waals surface area contributed by atoms with Crippen LogP contribution in [0.4, 0.5) is 14.9 Å². The molecule has 0 unspecified atom stereocenters. The van der Waals surface area contributed by atoms with Crippen LogP contribution in [0, 0.1) is 5.82 Å². The largest absolute Gasteiger partial charge is 0.442 e. The van der Waals surface area contributed by atoms with Crippen molar-refractivity contribution in [1.29, 1.82) is 0 Å². The number of amides is 1. The monoisotopic (exact) mass is 518 g/mol. The van der Waals surface area contributed by atoms with Gasteiger partial charge in [0.25, 0.3) is 0 Å². The van der Waals surface area contributed by atoms with Crippen molar-refractivity contribution in [3.8, 4) is 22.5 Å². The molecule has 9 nitrogen and oxygen atoms in total. The van der Waals surface area contributed by atoms with Crippen molar-refractivity contribution in [2.24, 2.45) is 7.05 Å². The van der Waals surface area contributed by atoms with Crippen LogP contribution in [0.15, 0.2) is 36.8 Å². The summed E-state index contributed by atoms with van der Waals surface area (Å²) in [4.78, 5) is 28.7. The molecule has 12 heteroatoms. The Morgan fingerprint density at radius 3 is 2.54 bits per heavy atom. The maximum Gasteiger partial charge on any atom is 0.435 e. The fraction of sp³-hybridized carbons (Fsp3) is 0.261. The van der Waals surface area contributed by atoms with Crippen LogP contribution in [0.25, 0.3) is 33.4 Å². The molecule has 0 radical (unpaired) electrons. The number of nitrogens with zero attached hydrogens (tertiary/aromatic N) is 5. The van der Waals surface area contributed by atoms with Crippen molar-refractivity contribution in [1.82, 2.24) is 24.5 Å². The number of halogens is 3. The first-order chi connectivity index (χ1) is 16.5. The Labute approximate surface area is 209 Å². The predicted molar refractivity (Wildman–Crippen MR) is 131 cm³/mol. The summed E-state index contributed by atoms with van der Waals surface area (Å²) in [6.07, 6.45) is 4.06. The third-order valence-corrected chi connectivity index (χ3v) is 5.36. The van der Waals surface area contributed by atoms with E-state index in [1.54, 1.807) is 51.0 Å². The summed E-state index contributed by atoms with van der Waals surface area (Å²) in [7, 11) is 1.75. The number of pyridine rings is 1. The minimum atomic E-state index is -0.742. The van der Waals surface area contributed by atoms with Gasteiger partial charge >= 0.3 is 6.09 Å². The van der Waals surface area contributed by atoms with E-state index >= 15 is 4.39 Å². The molecule has 0 fully saturated rings. The highest BCUT2D eigenvalue weighted by atomic mass is 35.5. The van der Waals surface area contributed by atoms with Gasteiger partial charge in [-0.1, -0.05) is 11.6 Å². The van der Waals surface area contributed by atoms with E-state index < -0.39 is 23.4 Å². The van der Waals surface area contributed by atoms with Crippen LogP contribution in [0.3, 0.4) is 0 Å². The van der Waals surface area contributed by atoms with Crippen molar-refractivity contribution < 1.29 is 18.7 Å². The second-order valence-electron chi connectivity index (χ2n) is 8.73. The van der Waals surface area contributed by atoms with Crippen LogP contribution in [0.2, 0.25) is 5.02 Å². The van der Waals surface area contributed by atoms with Gasteiger partial charge in [-0.05, 0) is 39.0 Å². The van der Waals surface area contributed by atoms with Crippen molar-refractivity contribution >= 4 is 51.8 Å². The van der Waals surface area contributed by atoms with E-state index in [0.29, 0.717) is 22.2 Å². The highest BCUT2D eigenvalue weighted by molar-refractivity contribution is 6.34. The molecular formula is C23H21Cl2FN6O3. The molecule has 0 aliphatic rings. The van der Waals surface area contributed by atoms with Crippen LogP contribution >= 0.6 is 23.2 Å². The molecule has 0 aliphatic heterocycles. The topological polar surface area (TPSA) is 104 Å². The Morgan fingerprint density at radius 2 is 1.94 bits per heavy atom. The van der Waals surface area contributed by atoms with Gasteiger partial charge in [-0.3, -0.25) is 14.5 Å². The summed E-state index contributed by atoms with van der Waals surface area (Å²) in [5, 5.41) is 11.6. The predicted octanol–water partition coefficient (Wildman–Crippen LogP) is 5.25. The molecule has 0 saturated carbocycles. The van der Waals surface area contributed by atoms with E-state index in [4.69, 9.17) is 27.9 Å². The molecule has 0 atom stereocenters. The summed E-state index contributed by atoms with van der Waals surface area (Å²) in [6.45, 7) is 5.25. The number of carbonyl (C=O) groups is 2. The Morgan fingerprint density at radius 1 is 1.20 bits per heavy atom. The number of anilines is 1. The van der Waals surface area contributed by atoms with Gasteiger partial charge < -0.3 is 10.1 Å². The lowest BCUT2D eigenvalue weighted by Crippen LogP contribution is -2.27. The van der Waals surface area contributed by atoms with Crippen molar-refractivity contribution in [3.05, 3.63) is 47.6 Å². The van der Waals surface area contributed by atoms with Crippen LogP contribution in [0.1, 0.15) is 20.8 Å². The SMILES string of the molecule is Cn1cc(-c2nn(C(=O)OC(C)(C)C)c3cnc(-c4c(F)cc(NC(=O)CCl)cc4Cl)cc23)cn1. The van der Waals surface area contributed by atoms with Gasteiger partial charge in [-0.25, -0.2) is 9.18 Å². The maximum atomic E-state index is 15.1. The number of hydrogen-bond acceptors (Lipinski definition) is 6. The fourth-order valence-electron chi connectivity index (χ4n) is 3.44. The molecule has 0 saturated heterocycles. The molecule has 3 aromatic heterocycles. The van der Waals surface area contributed by atoms with Gasteiger partial charge in [0, 0.05) is 29.9 Å². The lowest BCUT2D eigenvalue weighted by Gasteiger charge is -2.19. The van der Waals surface area contributed by atoms with E-state index in [1.165, 1.54) is 12.3 Å². The summed E-state index contributed by atoms with van der Waals surface area (Å²) in [6, 6.07) is 4.12. The van der Waals surface area contributed by atoms with Crippen LogP contribution in [0.5, 0.6) is 0 Å². The van der Waals surface area contributed by atoms with E-state index in [9.17, 15) is 9.59 Å². The number of fused-ring (bicyclic) bond motifs is 1. The van der Waals surface area contributed by atoms with Crippen LogP contribution < -0.4 is 5.32 Å². The molecule has 4 aromatic rings. The van der Waals surface area contributed by atoms with Gasteiger partial charge in [0.05, 0.1) is 34.2 Å². The van der Waals surface area contributed by atoms with Crippen molar-refractivity contribution in [3.63, 3.8) is 0 Å². The second-order valence-corrected chi connectivity index (χ2v) is 9.40. The first-order valence-electron chi connectivity index (χ1n) is 10.4. The number of hydrogen-bond donors (Lipinski definition) is 1. The van der Waals surface area contributed by atoms with Gasteiger partial charge in [0.1, 0.15) is 23.0 Å². The number of ether oxygens (including phenoxy) is 1. The molecule has 0 spiro atoms. The van der Waals surface area contributed by atoms with Crippen molar-refractivity contribution in [2.45, 2.75) is 26.4 Å². The number of carbonyl (C=O) groups excluding carboxylic acids is 2. The molecule has 1 N–H and O–H groups in total. The molecule has 3 heterocycles. The average molecular weight is 519 g/mol. The average Bonchev–Trinajstić information content (AvgIpc) is 3.35. The quantitative estimate of drug-likeness (QED) is 0.370. The third-order valence-electron chi connectivity index (χ3n) is 4.81. The highest BCUT2D eigenvalue weighted by Gasteiger charge is 2.25. The summed E-state index contributed by atoms with van der Waals surface area (Å²) >= 11 is 11.9. The zero-order valence-electron chi connectivity index (χ0n) is 19.3. The first-order valence-corrected chi connectivity index (χ1v) is 11.3. The number of rotatable bonds is 4. The van der Waals surface area contributed by atoms with E-state index in [1.807, 2.05) is 0 Å². The van der Waals surface area contributed by atoms with E-state index in [0.717, 1.165) is 10.7 Å². The van der Waals surface area contributed by atoms with Gasteiger partial charge in [0.15, 0.2) is 0 Å². The molecule has 1 aromatic carbocycles. The zero-order chi connectivity index (χ0) is 25.5. The molecule has 35 heavy (non-hydrogen) atoms. The number of aryl methyl sites for hydroxylation is 1. The van der Waals surface area contributed by atoms with Crippen molar-refractivity contribution in [2.75, 3.05) is 11.2 Å². The third kappa shape index (κ3) is 5.13. The van der Waals surface area contributed by atoms with Gasteiger partial charge in [-0.2, -0.15) is 14.9 Å². The first kappa shape index (κ1) is 24.6. The minimum absolute atomic E-state index is 0.0274. The van der Waals surface area contributed by atoms with Crippen LogP contribution in [-0.2, 0) is 16.6 Å². The van der Waals surface area contributed by atoms with Gasteiger partial charge in [0.2, 0.25) is 5.91 Å². The van der Waals surface area contributed by atoms with Gasteiger partial charge in [-0.15, -0.1) is 11.6 Å². The van der Waals surface area contributed by atoms with E-state index in [2.05, 4.69) is 20.5 Å². The number of alkyl halides is 1. The molecule has 0 bridgehead atoms. The maximum absolute atomic E-state index is 15.1. The number of aromatic nitrogens is 5.